The van der Waals surface area contributed by atoms with Gasteiger partial charge in [0.05, 0.1) is 0 Å². The number of carbonyl (C=O) groups excluding carboxylic acids is 2. The molecule has 35 heavy (non-hydrogen) atoms. The molecule has 0 spiro atoms. The summed E-state index contributed by atoms with van der Waals surface area (Å²) in [6, 6.07) is 5.77. The summed E-state index contributed by atoms with van der Waals surface area (Å²) in [6.45, 7) is 1.42. The molecule has 3 heterocycles. The normalized spacial score (nSPS) is 20.2. The number of aliphatic hydroxyl groups is 1. The fraction of sp³-hybridized carbons (Fsp3) is 0.350. The Labute approximate surface area is 206 Å². The van der Waals surface area contributed by atoms with Crippen molar-refractivity contribution in [2.45, 2.75) is 36.1 Å². The summed E-state index contributed by atoms with van der Waals surface area (Å²) in [7, 11) is 0. The van der Waals surface area contributed by atoms with Crippen molar-refractivity contribution in [2.24, 2.45) is 0 Å². The number of carboxylic acid groups (broad SMARTS) is 2. The van der Waals surface area contributed by atoms with Crippen molar-refractivity contribution in [1.29, 1.82) is 0 Å². The second-order valence-electron chi connectivity index (χ2n) is 7.77. The number of aliphatic hydroxyl groups excluding tert-OH is 1. The standard InChI is InChI=1S/C20H20N6O7S2/c1-9-2-4-10(5-3-9)15(29)16(30)21-13-17(31)26-14(19(32)33)11(7-34-18(13)26)8-35-20-22-23-24-25(20)6-12(27)28/h2-5,13,15,18,29H,6-8H2,1H3,(H,21,30)(H,27,28)(H,32,33)/t13?,15-,18-/m1/s1. The van der Waals surface area contributed by atoms with Crippen LogP contribution < -0.4 is 5.32 Å². The number of hydrogen-bond acceptors (Lipinski definition) is 10. The van der Waals surface area contributed by atoms with Gasteiger partial charge in [0.25, 0.3) is 11.8 Å². The van der Waals surface area contributed by atoms with Gasteiger partial charge in [-0.2, -0.15) is 0 Å². The molecule has 0 bridgehead atoms. The van der Waals surface area contributed by atoms with E-state index in [1.807, 2.05) is 6.92 Å². The zero-order valence-corrected chi connectivity index (χ0v) is 19.8. The van der Waals surface area contributed by atoms with Gasteiger partial charge < -0.3 is 20.6 Å². The quantitative estimate of drug-likeness (QED) is 0.248. The van der Waals surface area contributed by atoms with Gasteiger partial charge in [-0.25, -0.2) is 9.48 Å². The molecular formula is C20H20N6O7S2. The lowest BCUT2D eigenvalue weighted by atomic mass is 10.0. The number of aryl methyl sites for hydroxylation is 1. The maximum Gasteiger partial charge on any atom is 0.352 e. The van der Waals surface area contributed by atoms with E-state index >= 15 is 0 Å². The molecule has 2 aliphatic heterocycles. The molecule has 1 fully saturated rings. The molecule has 0 saturated carbocycles. The number of thioether (sulfide) groups is 2. The SMILES string of the molecule is Cc1ccc([C@@H](O)C(=O)NC2C(=O)N3C(C(=O)O)=C(CSc4nnnn4CC(=O)O)CS[C@H]23)cc1. The Balaban J connectivity index is 1.45. The number of β-lactam (4-membered cyclic amide) rings is 1. The zero-order valence-electron chi connectivity index (χ0n) is 18.2. The zero-order chi connectivity index (χ0) is 25.3. The van der Waals surface area contributed by atoms with Crippen molar-refractivity contribution >= 4 is 47.3 Å². The van der Waals surface area contributed by atoms with Gasteiger partial charge in [-0.1, -0.05) is 41.6 Å². The minimum atomic E-state index is -1.47. The van der Waals surface area contributed by atoms with Crippen LogP contribution in [0.5, 0.6) is 0 Å². The Morgan fingerprint density at radius 1 is 1.26 bits per heavy atom. The summed E-state index contributed by atoms with van der Waals surface area (Å²) in [4.78, 5) is 49.4. The van der Waals surface area contributed by atoms with Gasteiger partial charge in [0.1, 0.15) is 23.7 Å². The lowest BCUT2D eigenvalue weighted by Gasteiger charge is -2.49. The van der Waals surface area contributed by atoms with Gasteiger partial charge in [0.2, 0.25) is 5.16 Å². The van der Waals surface area contributed by atoms with Gasteiger partial charge in [-0.05, 0) is 28.5 Å². The monoisotopic (exact) mass is 520 g/mol. The number of carboxylic acids is 2. The molecule has 2 aromatic rings. The first-order chi connectivity index (χ1) is 16.7. The van der Waals surface area contributed by atoms with Crippen molar-refractivity contribution in [1.82, 2.24) is 30.4 Å². The molecule has 2 aliphatic rings. The molecule has 2 amide bonds. The third kappa shape index (κ3) is 5.01. The summed E-state index contributed by atoms with van der Waals surface area (Å²) in [5.41, 5.74) is 1.59. The van der Waals surface area contributed by atoms with Gasteiger partial charge in [-0.3, -0.25) is 19.3 Å². The van der Waals surface area contributed by atoms with Crippen molar-refractivity contribution in [2.75, 3.05) is 11.5 Å². The topological polar surface area (TPSA) is 188 Å². The van der Waals surface area contributed by atoms with Gasteiger partial charge in [-0.15, -0.1) is 16.9 Å². The van der Waals surface area contributed by atoms with Crippen LogP contribution in [0.25, 0.3) is 0 Å². The highest BCUT2D eigenvalue weighted by Crippen LogP contribution is 2.41. The number of nitrogens with one attached hydrogen (secondary N) is 1. The number of aromatic nitrogens is 4. The lowest BCUT2D eigenvalue weighted by Crippen LogP contribution is -2.70. The average Bonchev–Trinajstić information content (AvgIpc) is 3.26. The van der Waals surface area contributed by atoms with Crippen molar-refractivity contribution in [3.05, 3.63) is 46.7 Å². The Kier molecular flexibility index (Phi) is 7.09. The molecule has 1 aromatic carbocycles. The predicted octanol–water partition coefficient (Wildman–Crippen LogP) is -0.370. The van der Waals surface area contributed by atoms with Crippen LogP contribution in [-0.2, 0) is 25.7 Å². The second kappa shape index (κ2) is 10.1. The summed E-state index contributed by atoms with van der Waals surface area (Å²) in [5, 5.41) is 41.9. The lowest BCUT2D eigenvalue weighted by molar-refractivity contribution is -0.151. The minimum Gasteiger partial charge on any atom is -0.480 e. The van der Waals surface area contributed by atoms with Crippen molar-refractivity contribution in [3.63, 3.8) is 0 Å². The molecular weight excluding hydrogens is 500 g/mol. The highest BCUT2D eigenvalue weighted by molar-refractivity contribution is 8.01. The van der Waals surface area contributed by atoms with Crippen molar-refractivity contribution in [3.8, 4) is 0 Å². The van der Waals surface area contributed by atoms with E-state index in [0.717, 1.165) is 26.9 Å². The van der Waals surface area contributed by atoms with E-state index in [4.69, 9.17) is 5.11 Å². The smallest absolute Gasteiger partial charge is 0.352 e. The Hall–Kier alpha value is -3.43. The number of benzene rings is 1. The van der Waals surface area contributed by atoms with E-state index in [1.54, 1.807) is 24.3 Å². The van der Waals surface area contributed by atoms with E-state index in [-0.39, 0.29) is 22.4 Å². The highest BCUT2D eigenvalue weighted by atomic mass is 32.2. The van der Waals surface area contributed by atoms with Crippen LogP contribution >= 0.6 is 23.5 Å². The van der Waals surface area contributed by atoms with E-state index < -0.39 is 47.8 Å². The van der Waals surface area contributed by atoms with Crippen LogP contribution in [0.1, 0.15) is 17.2 Å². The van der Waals surface area contributed by atoms with Gasteiger partial charge in [0.15, 0.2) is 6.10 Å². The molecule has 0 aliphatic carbocycles. The number of fused-ring (bicyclic) bond motifs is 1. The summed E-state index contributed by atoms with van der Waals surface area (Å²) < 4.78 is 1.08. The first-order valence-electron chi connectivity index (χ1n) is 10.2. The number of amides is 2. The maximum atomic E-state index is 12.8. The third-order valence-corrected chi connectivity index (χ3v) is 7.73. The molecule has 0 radical (unpaired) electrons. The number of rotatable bonds is 9. The summed E-state index contributed by atoms with van der Waals surface area (Å²) in [6.07, 6.45) is -1.47. The second-order valence-corrected chi connectivity index (χ2v) is 9.82. The van der Waals surface area contributed by atoms with Crippen LogP contribution in [0.3, 0.4) is 0 Å². The molecule has 1 saturated heterocycles. The number of aliphatic carboxylic acids is 2. The van der Waals surface area contributed by atoms with E-state index in [9.17, 15) is 29.4 Å². The predicted molar refractivity (Wildman–Crippen MR) is 122 cm³/mol. The Bertz CT molecular complexity index is 1210. The number of tetrazole rings is 1. The molecule has 4 N–H and O–H groups in total. The van der Waals surface area contributed by atoms with E-state index in [2.05, 4.69) is 20.8 Å². The Morgan fingerprint density at radius 3 is 2.63 bits per heavy atom. The number of nitrogens with zero attached hydrogens (tertiary/aromatic N) is 5. The minimum absolute atomic E-state index is 0.119. The van der Waals surface area contributed by atoms with Crippen molar-refractivity contribution < 1.29 is 34.5 Å². The fourth-order valence-corrected chi connectivity index (χ4v) is 5.97. The molecule has 13 nitrogen and oxygen atoms in total. The molecule has 4 rings (SSSR count). The largest absolute Gasteiger partial charge is 0.480 e. The molecule has 1 unspecified atom stereocenters. The molecule has 1 aromatic heterocycles. The average molecular weight is 521 g/mol. The summed E-state index contributed by atoms with van der Waals surface area (Å²) in [5.74, 6) is -3.39. The van der Waals surface area contributed by atoms with E-state index in [1.165, 1.54) is 11.8 Å². The van der Waals surface area contributed by atoms with Gasteiger partial charge in [0, 0.05) is 11.5 Å². The first kappa shape index (κ1) is 24.7. The number of hydrogen-bond donors (Lipinski definition) is 4. The van der Waals surface area contributed by atoms with Crippen LogP contribution in [-0.4, -0.2) is 87.1 Å². The molecule has 3 atom stereocenters. The van der Waals surface area contributed by atoms with E-state index in [0.29, 0.717) is 11.1 Å². The highest BCUT2D eigenvalue weighted by Gasteiger charge is 2.54. The number of carbonyl (C=O) groups is 4. The van der Waals surface area contributed by atoms with Crippen LogP contribution in [0.15, 0.2) is 40.7 Å². The van der Waals surface area contributed by atoms with Crippen LogP contribution in [0.4, 0.5) is 0 Å². The summed E-state index contributed by atoms with van der Waals surface area (Å²) >= 11 is 2.33. The third-order valence-electron chi connectivity index (χ3n) is 5.35. The molecule has 184 valence electrons. The van der Waals surface area contributed by atoms with Gasteiger partial charge >= 0.3 is 11.9 Å². The van der Waals surface area contributed by atoms with Crippen LogP contribution in [0.2, 0.25) is 0 Å². The first-order valence-corrected chi connectivity index (χ1v) is 12.3. The van der Waals surface area contributed by atoms with Crippen LogP contribution in [0, 0.1) is 6.92 Å². The fourth-order valence-electron chi connectivity index (χ4n) is 3.61. The Morgan fingerprint density at radius 2 is 1.97 bits per heavy atom. The molecule has 15 heteroatoms. The maximum absolute atomic E-state index is 12.8.